The highest BCUT2D eigenvalue weighted by Gasteiger charge is 2.20. The number of unbranched alkanes of at least 4 members (excludes halogenated alkanes) is 1. The first-order valence-electron chi connectivity index (χ1n) is 10.7. The average Bonchev–Trinajstić information content (AvgIpc) is 3.24. The summed E-state index contributed by atoms with van der Waals surface area (Å²) < 4.78 is 5.53. The molecule has 0 aliphatic carbocycles. The zero-order chi connectivity index (χ0) is 21.6. The maximum absolute atomic E-state index is 13.1. The minimum absolute atomic E-state index is 0.119. The number of nitrogens with one attached hydrogen (secondary N) is 2. The molecule has 0 unspecified atom stereocenters. The normalized spacial score (nSPS) is 10.9. The lowest BCUT2D eigenvalue weighted by Crippen LogP contribution is -2.24. The number of amides is 1. The highest BCUT2D eigenvalue weighted by atomic mass is 16.5. The van der Waals surface area contributed by atoms with Gasteiger partial charge >= 0.3 is 0 Å². The van der Waals surface area contributed by atoms with Gasteiger partial charge in [0.25, 0.3) is 5.91 Å². The van der Waals surface area contributed by atoms with Crippen molar-refractivity contribution >= 4 is 16.9 Å². The second kappa shape index (κ2) is 9.43. The van der Waals surface area contributed by atoms with Crippen LogP contribution in [0.3, 0.4) is 0 Å². The number of aromatic amines is 1. The molecule has 0 aliphatic rings. The molecule has 2 aromatic heterocycles. The first-order chi connectivity index (χ1) is 15.2. The number of hydrogen-bond donors (Lipinski definition) is 2. The molecule has 0 aliphatic heterocycles. The Balaban J connectivity index is 1.82. The number of carbonyl (C=O) groups is 1. The monoisotopic (exact) mass is 414 g/mol. The Morgan fingerprint density at radius 3 is 2.52 bits per heavy atom. The van der Waals surface area contributed by atoms with Gasteiger partial charge in [-0.2, -0.15) is 5.10 Å². The molecule has 0 saturated heterocycles. The van der Waals surface area contributed by atoms with Gasteiger partial charge in [0.15, 0.2) is 5.65 Å². The molecule has 0 spiro atoms. The molecule has 6 heteroatoms. The Kier molecular flexibility index (Phi) is 6.26. The molecule has 31 heavy (non-hydrogen) atoms. The van der Waals surface area contributed by atoms with E-state index in [1.807, 2.05) is 67.6 Å². The fourth-order valence-corrected chi connectivity index (χ4v) is 3.53. The zero-order valence-electron chi connectivity index (χ0n) is 17.8. The Morgan fingerprint density at radius 2 is 1.81 bits per heavy atom. The molecule has 4 aromatic rings. The van der Waals surface area contributed by atoms with Crippen molar-refractivity contribution in [2.75, 3.05) is 13.2 Å². The standard InChI is InChI=1S/C25H26N4O2/c1-3-5-15-26-25(30)20-16-21(17-11-13-19(14-12-17)31-4-2)27-24-22(20)23(28-29-24)18-9-7-6-8-10-18/h6-14,16H,3-5,15H2,1-2H3,(H,26,30)(H,27,28,29). The van der Waals surface area contributed by atoms with Crippen molar-refractivity contribution in [2.45, 2.75) is 26.7 Å². The fraction of sp³-hybridized carbons (Fsp3) is 0.240. The molecule has 6 nitrogen and oxygen atoms in total. The van der Waals surface area contributed by atoms with Gasteiger partial charge < -0.3 is 10.1 Å². The number of pyridine rings is 1. The van der Waals surface area contributed by atoms with Crippen LogP contribution in [-0.2, 0) is 0 Å². The molecule has 0 saturated carbocycles. The molecule has 0 radical (unpaired) electrons. The number of hydrogen-bond acceptors (Lipinski definition) is 4. The third-order valence-corrected chi connectivity index (χ3v) is 5.11. The average molecular weight is 415 g/mol. The maximum Gasteiger partial charge on any atom is 0.252 e. The number of carbonyl (C=O) groups excluding carboxylic acids is 1. The van der Waals surface area contributed by atoms with E-state index in [0.29, 0.717) is 30.1 Å². The van der Waals surface area contributed by atoms with Gasteiger partial charge in [0, 0.05) is 17.7 Å². The second-order valence-electron chi connectivity index (χ2n) is 7.29. The summed E-state index contributed by atoms with van der Waals surface area (Å²) in [5.41, 5.74) is 4.44. The van der Waals surface area contributed by atoms with Gasteiger partial charge in [0.2, 0.25) is 0 Å². The van der Waals surface area contributed by atoms with Crippen LogP contribution < -0.4 is 10.1 Å². The first-order valence-corrected chi connectivity index (χ1v) is 10.7. The van der Waals surface area contributed by atoms with Crippen molar-refractivity contribution < 1.29 is 9.53 Å². The van der Waals surface area contributed by atoms with Gasteiger partial charge in [-0.25, -0.2) is 4.98 Å². The quantitative estimate of drug-likeness (QED) is 0.387. The van der Waals surface area contributed by atoms with Crippen LogP contribution in [0.25, 0.3) is 33.5 Å². The van der Waals surface area contributed by atoms with Gasteiger partial charge in [-0.3, -0.25) is 9.89 Å². The van der Waals surface area contributed by atoms with E-state index < -0.39 is 0 Å². The lowest BCUT2D eigenvalue weighted by Gasteiger charge is -2.10. The van der Waals surface area contributed by atoms with E-state index in [4.69, 9.17) is 9.72 Å². The van der Waals surface area contributed by atoms with Crippen LogP contribution in [0.2, 0.25) is 0 Å². The molecule has 2 N–H and O–H groups in total. The van der Waals surface area contributed by atoms with Crippen molar-refractivity contribution in [3.8, 4) is 28.3 Å². The molecule has 2 heterocycles. The second-order valence-corrected chi connectivity index (χ2v) is 7.29. The molecule has 4 rings (SSSR count). The van der Waals surface area contributed by atoms with Crippen molar-refractivity contribution in [1.82, 2.24) is 20.5 Å². The Labute approximate surface area is 181 Å². The summed E-state index contributed by atoms with van der Waals surface area (Å²) in [6, 6.07) is 19.4. The van der Waals surface area contributed by atoms with Crippen LogP contribution in [0.1, 0.15) is 37.0 Å². The van der Waals surface area contributed by atoms with E-state index in [0.717, 1.165) is 40.8 Å². The number of nitrogens with zero attached hydrogens (tertiary/aromatic N) is 2. The van der Waals surface area contributed by atoms with Gasteiger partial charge in [0.05, 0.1) is 28.9 Å². The maximum atomic E-state index is 13.1. The topological polar surface area (TPSA) is 79.9 Å². The molecule has 1 amide bonds. The number of fused-ring (bicyclic) bond motifs is 1. The minimum Gasteiger partial charge on any atom is -0.494 e. The smallest absolute Gasteiger partial charge is 0.252 e. The summed E-state index contributed by atoms with van der Waals surface area (Å²) in [7, 11) is 0. The fourth-order valence-electron chi connectivity index (χ4n) is 3.53. The van der Waals surface area contributed by atoms with Crippen LogP contribution in [0.15, 0.2) is 60.7 Å². The van der Waals surface area contributed by atoms with E-state index in [9.17, 15) is 4.79 Å². The Bertz CT molecular complexity index is 1170. The number of H-pyrrole nitrogens is 1. The van der Waals surface area contributed by atoms with E-state index in [1.54, 1.807) is 0 Å². The highest BCUT2D eigenvalue weighted by molar-refractivity contribution is 6.10. The van der Waals surface area contributed by atoms with Crippen molar-refractivity contribution in [1.29, 1.82) is 0 Å². The predicted octanol–water partition coefficient (Wildman–Crippen LogP) is 5.22. The van der Waals surface area contributed by atoms with Gasteiger partial charge in [-0.15, -0.1) is 0 Å². The molecule has 158 valence electrons. The summed E-state index contributed by atoms with van der Waals surface area (Å²) in [4.78, 5) is 17.9. The van der Waals surface area contributed by atoms with E-state index in [1.165, 1.54) is 0 Å². The largest absolute Gasteiger partial charge is 0.494 e. The molecule has 0 bridgehead atoms. The Hall–Kier alpha value is -3.67. The third-order valence-electron chi connectivity index (χ3n) is 5.11. The van der Waals surface area contributed by atoms with Crippen molar-refractivity contribution in [3.63, 3.8) is 0 Å². The van der Waals surface area contributed by atoms with Gasteiger partial charge in [-0.05, 0) is 43.7 Å². The lowest BCUT2D eigenvalue weighted by atomic mass is 10.0. The summed E-state index contributed by atoms with van der Waals surface area (Å²) in [6.07, 6.45) is 1.95. The van der Waals surface area contributed by atoms with Crippen LogP contribution in [-0.4, -0.2) is 34.2 Å². The summed E-state index contributed by atoms with van der Waals surface area (Å²) >= 11 is 0. The number of benzene rings is 2. The number of aromatic nitrogens is 3. The molecular weight excluding hydrogens is 388 g/mol. The highest BCUT2D eigenvalue weighted by Crippen LogP contribution is 2.31. The number of rotatable bonds is 8. The first kappa shape index (κ1) is 20.6. The zero-order valence-corrected chi connectivity index (χ0v) is 17.8. The molecular formula is C25H26N4O2. The summed E-state index contributed by atoms with van der Waals surface area (Å²) in [5.74, 6) is 0.683. The van der Waals surface area contributed by atoms with Crippen LogP contribution in [0.4, 0.5) is 0 Å². The molecule has 2 aromatic carbocycles. The van der Waals surface area contributed by atoms with Crippen molar-refractivity contribution in [2.24, 2.45) is 0 Å². The van der Waals surface area contributed by atoms with Gasteiger partial charge in [0.1, 0.15) is 5.75 Å². The summed E-state index contributed by atoms with van der Waals surface area (Å²) in [5, 5.41) is 11.3. The van der Waals surface area contributed by atoms with Crippen LogP contribution in [0, 0.1) is 0 Å². The lowest BCUT2D eigenvalue weighted by molar-refractivity contribution is 0.0955. The minimum atomic E-state index is -0.119. The van der Waals surface area contributed by atoms with Crippen LogP contribution in [0.5, 0.6) is 5.75 Å². The SMILES string of the molecule is CCCCNC(=O)c1cc(-c2ccc(OCC)cc2)nc2n[nH]c(-c3ccccc3)c12. The van der Waals surface area contributed by atoms with E-state index in [-0.39, 0.29) is 5.91 Å². The molecule has 0 fully saturated rings. The number of ether oxygens (including phenoxy) is 1. The molecule has 0 atom stereocenters. The van der Waals surface area contributed by atoms with E-state index in [2.05, 4.69) is 22.4 Å². The third kappa shape index (κ3) is 4.43. The predicted molar refractivity (Wildman–Crippen MR) is 123 cm³/mol. The van der Waals surface area contributed by atoms with Crippen LogP contribution >= 0.6 is 0 Å². The van der Waals surface area contributed by atoms with Crippen molar-refractivity contribution in [3.05, 3.63) is 66.2 Å². The Morgan fingerprint density at radius 1 is 1.03 bits per heavy atom. The van der Waals surface area contributed by atoms with E-state index >= 15 is 0 Å². The summed E-state index contributed by atoms with van der Waals surface area (Å²) in [6.45, 7) is 5.30. The van der Waals surface area contributed by atoms with Gasteiger partial charge in [-0.1, -0.05) is 43.7 Å².